The van der Waals surface area contributed by atoms with Crippen molar-refractivity contribution >= 4 is 44.8 Å². The molecule has 2 aromatic carbocycles. The van der Waals surface area contributed by atoms with Crippen molar-refractivity contribution in [1.29, 1.82) is 0 Å². The molecule has 0 amide bonds. The van der Waals surface area contributed by atoms with Crippen LogP contribution in [0.2, 0.25) is 10.0 Å². The zero-order chi connectivity index (χ0) is 23.4. The Labute approximate surface area is 211 Å². The van der Waals surface area contributed by atoms with Crippen LogP contribution in [0.5, 0.6) is 5.75 Å². The number of thiophene rings is 1. The van der Waals surface area contributed by atoms with E-state index in [1.54, 1.807) is 12.4 Å². The Morgan fingerprint density at radius 1 is 1.03 bits per heavy atom. The summed E-state index contributed by atoms with van der Waals surface area (Å²) in [6.07, 6.45) is 6.28. The number of nitrogens with zero attached hydrogens (tertiary/aromatic N) is 3. The molecule has 2 saturated heterocycles. The van der Waals surface area contributed by atoms with E-state index in [0.717, 1.165) is 23.3 Å². The number of ether oxygens (including phenoxy) is 1. The predicted molar refractivity (Wildman–Crippen MR) is 139 cm³/mol. The zero-order valence-electron chi connectivity index (χ0n) is 18.6. The van der Waals surface area contributed by atoms with Gasteiger partial charge in [-0.3, -0.25) is 9.36 Å². The van der Waals surface area contributed by atoms with Crippen LogP contribution >= 0.6 is 34.5 Å². The number of fused-ring (bicyclic) bond motifs is 3. The summed E-state index contributed by atoms with van der Waals surface area (Å²) in [6, 6.07) is 16.2. The van der Waals surface area contributed by atoms with Gasteiger partial charge in [-0.05, 0) is 74.7 Å². The Morgan fingerprint density at radius 2 is 1.76 bits per heavy atom. The maximum atomic E-state index is 13.3. The number of benzene rings is 2. The molecule has 2 unspecified atom stereocenters. The van der Waals surface area contributed by atoms with Gasteiger partial charge in [-0.25, -0.2) is 4.98 Å². The Bertz CT molecular complexity index is 1420. The fraction of sp³-hybridized carbons (Fsp3) is 0.308. The molecule has 2 atom stereocenters. The third-order valence-electron chi connectivity index (χ3n) is 7.11. The van der Waals surface area contributed by atoms with Crippen LogP contribution < -0.4 is 10.3 Å². The number of hydrogen-bond acceptors (Lipinski definition) is 5. The van der Waals surface area contributed by atoms with Crippen molar-refractivity contribution in [3.63, 3.8) is 0 Å². The van der Waals surface area contributed by atoms with E-state index in [1.165, 1.54) is 28.7 Å². The molecule has 2 fully saturated rings. The van der Waals surface area contributed by atoms with Gasteiger partial charge in [0.1, 0.15) is 22.9 Å². The molecule has 0 saturated carbocycles. The van der Waals surface area contributed by atoms with Crippen LogP contribution in [0, 0.1) is 0 Å². The largest absolute Gasteiger partial charge is 0.489 e. The van der Waals surface area contributed by atoms with Gasteiger partial charge in [-0.15, -0.1) is 11.3 Å². The molecule has 2 aliphatic heterocycles. The Hall–Kier alpha value is -2.38. The average molecular weight is 512 g/mol. The number of piperidine rings is 1. The molecule has 34 heavy (non-hydrogen) atoms. The van der Waals surface area contributed by atoms with Crippen LogP contribution in [-0.4, -0.2) is 39.7 Å². The second kappa shape index (κ2) is 8.68. The molecular formula is C26H23Cl2N3O2S. The minimum absolute atomic E-state index is 0.119. The topological polar surface area (TPSA) is 47.4 Å². The van der Waals surface area contributed by atoms with E-state index in [2.05, 4.69) is 16.9 Å². The van der Waals surface area contributed by atoms with Crippen LogP contribution in [0.3, 0.4) is 0 Å². The van der Waals surface area contributed by atoms with Gasteiger partial charge < -0.3 is 9.64 Å². The first-order chi connectivity index (χ1) is 16.5. The second-order valence-corrected chi connectivity index (χ2v) is 11.0. The van der Waals surface area contributed by atoms with E-state index in [-0.39, 0.29) is 11.7 Å². The van der Waals surface area contributed by atoms with Crippen molar-refractivity contribution < 1.29 is 4.74 Å². The average Bonchev–Trinajstić information content (AvgIpc) is 3.33. The van der Waals surface area contributed by atoms with E-state index in [0.29, 0.717) is 43.8 Å². The summed E-state index contributed by atoms with van der Waals surface area (Å²) in [4.78, 5) is 21.3. The molecule has 0 spiro atoms. The van der Waals surface area contributed by atoms with Crippen molar-refractivity contribution in [3.8, 4) is 21.9 Å². The molecule has 0 N–H and O–H groups in total. The fourth-order valence-electron chi connectivity index (χ4n) is 5.23. The Balaban J connectivity index is 1.27. The summed E-state index contributed by atoms with van der Waals surface area (Å²) in [5.74, 6) is 0.669. The third-order valence-corrected chi connectivity index (χ3v) is 8.82. The van der Waals surface area contributed by atoms with Crippen LogP contribution in [0.25, 0.3) is 26.3 Å². The molecular weight excluding hydrogens is 489 g/mol. The number of halogens is 2. The second-order valence-electron chi connectivity index (χ2n) is 9.13. The van der Waals surface area contributed by atoms with Crippen LogP contribution in [-0.2, 0) is 0 Å². The quantitative estimate of drug-likeness (QED) is 0.317. The zero-order valence-corrected chi connectivity index (χ0v) is 20.9. The standard InChI is InChI=1S/C26H23Cl2N3O2S/c1-30-17-6-7-18(30)11-20(10-17)33-23-9-8-19(12-21(23)28)31-14-29-22-13-24(34-25(22)26(31)32)15-2-4-16(27)5-3-15/h2-5,8-9,12-14,17-18,20H,6-7,10-11H2,1H3. The van der Waals surface area contributed by atoms with Gasteiger partial charge in [-0.1, -0.05) is 35.3 Å². The minimum atomic E-state index is -0.119. The molecule has 5 nitrogen and oxygen atoms in total. The van der Waals surface area contributed by atoms with E-state index < -0.39 is 0 Å². The van der Waals surface area contributed by atoms with E-state index in [1.807, 2.05) is 42.5 Å². The van der Waals surface area contributed by atoms with Gasteiger partial charge in [0.25, 0.3) is 5.56 Å². The number of hydrogen-bond donors (Lipinski definition) is 0. The molecule has 4 heterocycles. The van der Waals surface area contributed by atoms with Crippen LogP contribution in [0.4, 0.5) is 0 Å². The van der Waals surface area contributed by atoms with Gasteiger partial charge in [0, 0.05) is 22.0 Å². The monoisotopic (exact) mass is 511 g/mol. The molecule has 2 bridgehead atoms. The maximum Gasteiger partial charge on any atom is 0.275 e. The van der Waals surface area contributed by atoms with Crippen molar-refractivity contribution in [2.24, 2.45) is 0 Å². The Kier molecular flexibility index (Phi) is 5.65. The molecule has 0 aliphatic carbocycles. The lowest BCUT2D eigenvalue weighted by Gasteiger charge is -2.36. The normalized spacial score (nSPS) is 22.4. The summed E-state index contributed by atoms with van der Waals surface area (Å²) in [7, 11) is 2.22. The van der Waals surface area contributed by atoms with Crippen molar-refractivity contribution in [2.45, 2.75) is 43.9 Å². The molecule has 174 valence electrons. The molecule has 2 aliphatic rings. The van der Waals surface area contributed by atoms with Crippen LogP contribution in [0.1, 0.15) is 25.7 Å². The number of aromatic nitrogens is 2. The van der Waals surface area contributed by atoms with Crippen molar-refractivity contribution in [2.75, 3.05) is 7.05 Å². The van der Waals surface area contributed by atoms with E-state index in [9.17, 15) is 4.79 Å². The summed E-state index contributed by atoms with van der Waals surface area (Å²) < 4.78 is 8.44. The lowest BCUT2D eigenvalue weighted by atomic mass is 10.0. The molecule has 6 rings (SSSR count). The van der Waals surface area contributed by atoms with Gasteiger partial charge in [0.2, 0.25) is 0 Å². The first-order valence-corrected chi connectivity index (χ1v) is 13.0. The Morgan fingerprint density at radius 3 is 2.47 bits per heavy atom. The summed E-state index contributed by atoms with van der Waals surface area (Å²) in [5, 5.41) is 1.18. The fourth-order valence-corrected chi connectivity index (χ4v) is 6.62. The summed E-state index contributed by atoms with van der Waals surface area (Å²) in [6.45, 7) is 0. The van der Waals surface area contributed by atoms with Gasteiger partial charge in [0.05, 0.1) is 16.2 Å². The van der Waals surface area contributed by atoms with Gasteiger partial charge in [-0.2, -0.15) is 0 Å². The van der Waals surface area contributed by atoms with Gasteiger partial charge >= 0.3 is 0 Å². The predicted octanol–water partition coefficient (Wildman–Crippen LogP) is 6.43. The first-order valence-electron chi connectivity index (χ1n) is 11.4. The summed E-state index contributed by atoms with van der Waals surface area (Å²) >= 11 is 14.0. The smallest absolute Gasteiger partial charge is 0.275 e. The van der Waals surface area contributed by atoms with E-state index in [4.69, 9.17) is 27.9 Å². The molecule has 4 aromatic rings. The molecule has 8 heteroatoms. The maximum absolute atomic E-state index is 13.3. The molecule has 0 radical (unpaired) electrons. The lowest BCUT2D eigenvalue weighted by Crippen LogP contribution is -2.43. The van der Waals surface area contributed by atoms with Crippen molar-refractivity contribution in [1.82, 2.24) is 14.5 Å². The number of rotatable bonds is 4. The van der Waals surface area contributed by atoms with Crippen molar-refractivity contribution in [3.05, 3.63) is 75.3 Å². The van der Waals surface area contributed by atoms with E-state index >= 15 is 0 Å². The molecule has 2 aromatic heterocycles. The van der Waals surface area contributed by atoms with Gasteiger partial charge in [0.15, 0.2) is 0 Å². The highest BCUT2D eigenvalue weighted by molar-refractivity contribution is 7.22. The SMILES string of the molecule is CN1C2CCC1CC(Oc1ccc(-n3cnc4cc(-c5ccc(Cl)cc5)sc4c3=O)cc1Cl)C2. The summed E-state index contributed by atoms with van der Waals surface area (Å²) in [5.41, 5.74) is 2.23. The van der Waals surface area contributed by atoms with Crippen LogP contribution in [0.15, 0.2) is 59.7 Å². The highest BCUT2D eigenvalue weighted by Gasteiger charge is 2.39. The first kappa shape index (κ1) is 22.1. The lowest BCUT2D eigenvalue weighted by molar-refractivity contribution is 0.0662. The highest BCUT2D eigenvalue weighted by atomic mass is 35.5. The highest BCUT2D eigenvalue weighted by Crippen LogP contribution is 2.38. The minimum Gasteiger partial charge on any atom is -0.489 e. The third kappa shape index (κ3) is 3.93.